The SMILES string of the molecule is O=C1C(Cc2ccccc2)CCN1C1C2CC3CC1CC(O)(C3)C2. The van der Waals surface area contributed by atoms with Crippen LogP contribution in [0.15, 0.2) is 30.3 Å². The van der Waals surface area contributed by atoms with Crippen molar-refractivity contribution in [2.24, 2.45) is 23.7 Å². The summed E-state index contributed by atoms with van der Waals surface area (Å²) in [5.41, 5.74) is 0.872. The van der Waals surface area contributed by atoms with Gasteiger partial charge in [0.1, 0.15) is 0 Å². The van der Waals surface area contributed by atoms with E-state index < -0.39 is 5.60 Å². The van der Waals surface area contributed by atoms with Gasteiger partial charge < -0.3 is 10.0 Å². The Bertz CT molecular complexity index is 626. The van der Waals surface area contributed by atoms with Gasteiger partial charge in [0.25, 0.3) is 0 Å². The molecule has 1 saturated heterocycles. The highest BCUT2D eigenvalue weighted by molar-refractivity contribution is 5.81. The van der Waals surface area contributed by atoms with Crippen molar-refractivity contribution in [3.63, 3.8) is 0 Å². The van der Waals surface area contributed by atoms with Gasteiger partial charge >= 0.3 is 0 Å². The molecule has 3 atom stereocenters. The molecule has 1 heterocycles. The van der Waals surface area contributed by atoms with E-state index in [-0.39, 0.29) is 5.92 Å². The first-order valence-electron chi connectivity index (χ1n) is 9.68. The zero-order chi connectivity index (χ0) is 16.3. The van der Waals surface area contributed by atoms with Crippen LogP contribution in [-0.2, 0) is 11.2 Å². The number of benzene rings is 1. The third-order valence-corrected chi connectivity index (χ3v) is 7.23. The molecule has 3 heteroatoms. The van der Waals surface area contributed by atoms with Crippen molar-refractivity contribution >= 4 is 5.91 Å². The summed E-state index contributed by atoms with van der Waals surface area (Å²) >= 11 is 0. The quantitative estimate of drug-likeness (QED) is 0.928. The number of amides is 1. The molecule has 4 saturated carbocycles. The van der Waals surface area contributed by atoms with Gasteiger partial charge in [0, 0.05) is 18.5 Å². The molecule has 1 amide bonds. The number of carbonyl (C=O) groups is 1. The van der Waals surface area contributed by atoms with E-state index in [0.717, 1.165) is 38.6 Å². The van der Waals surface area contributed by atoms with Crippen molar-refractivity contribution < 1.29 is 9.90 Å². The molecule has 1 aromatic rings. The summed E-state index contributed by atoms with van der Waals surface area (Å²) in [7, 11) is 0. The minimum absolute atomic E-state index is 0.160. The Morgan fingerprint density at radius 3 is 2.46 bits per heavy atom. The summed E-state index contributed by atoms with van der Waals surface area (Å²) in [6, 6.07) is 10.8. The molecular formula is C21H27NO2. The average molecular weight is 325 g/mol. The summed E-state index contributed by atoms with van der Waals surface area (Å²) in [4.78, 5) is 15.3. The van der Waals surface area contributed by atoms with E-state index in [1.165, 1.54) is 18.4 Å². The lowest BCUT2D eigenvalue weighted by atomic mass is 9.52. The van der Waals surface area contributed by atoms with Gasteiger partial charge in [-0.15, -0.1) is 0 Å². The first-order chi connectivity index (χ1) is 11.6. The van der Waals surface area contributed by atoms with Crippen molar-refractivity contribution in [1.82, 2.24) is 4.90 Å². The molecule has 4 bridgehead atoms. The monoisotopic (exact) mass is 325 g/mol. The molecule has 0 spiro atoms. The first-order valence-corrected chi connectivity index (χ1v) is 9.68. The van der Waals surface area contributed by atoms with E-state index in [2.05, 4.69) is 29.2 Å². The van der Waals surface area contributed by atoms with Crippen molar-refractivity contribution in [2.45, 2.75) is 56.6 Å². The normalized spacial score (nSPS) is 43.6. The fraction of sp³-hybridized carbons (Fsp3) is 0.667. The summed E-state index contributed by atoms with van der Waals surface area (Å²) in [6.45, 7) is 0.928. The minimum atomic E-state index is -0.404. The molecule has 1 aromatic carbocycles. The summed E-state index contributed by atoms with van der Waals surface area (Å²) < 4.78 is 0. The molecule has 5 aliphatic rings. The smallest absolute Gasteiger partial charge is 0.226 e. The Kier molecular flexibility index (Phi) is 3.31. The lowest BCUT2D eigenvalue weighted by Gasteiger charge is -2.59. The van der Waals surface area contributed by atoms with Gasteiger partial charge in [-0.2, -0.15) is 0 Å². The summed E-state index contributed by atoms with van der Waals surface area (Å²) in [5.74, 6) is 2.33. The molecule has 6 rings (SSSR count). The van der Waals surface area contributed by atoms with Crippen LogP contribution >= 0.6 is 0 Å². The molecular weight excluding hydrogens is 298 g/mol. The van der Waals surface area contributed by atoms with Gasteiger partial charge in [0.2, 0.25) is 5.91 Å². The minimum Gasteiger partial charge on any atom is -0.390 e. The fourth-order valence-electron chi connectivity index (χ4n) is 6.61. The second-order valence-corrected chi connectivity index (χ2v) is 8.89. The maximum Gasteiger partial charge on any atom is 0.226 e. The molecule has 1 aliphatic heterocycles. The van der Waals surface area contributed by atoms with E-state index in [1.807, 2.05) is 6.07 Å². The highest BCUT2D eigenvalue weighted by atomic mass is 16.3. The highest BCUT2D eigenvalue weighted by Crippen LogP contribution is 2.57. The van der Waals surface area contributed by atoms with Crippen LogP contribution in [0.1, 0.15) is 44.1 Å². The molecule has 24 heavy (non-hydrogen) atoms. The molecule has 3 unspecified atom stereocenters. The van der Waals surface area contributed by atoms with Gasteiger partial charge in [0.15, 0.2) is 0 Å². The topological polar surface area (TPSA) is 40.5 Å². The third kappa shape index (κ3) is 2.32. The molecule has 0 aromatic heterocycles. The summed E-state index contributed by atoms with van der Waals surface area (Å²) in [5, 5.41) is 10.8. The van der Waals surface area contributed by atoms with Crippen molar-refractivity contribution in [3.05, 3.63) is 35.9 Å². The molecule has 1 N–H and O–H groups in total. The second kappa shape index (κ2) is 5.32. The Balaban J connectivity index is 1.33. The van der Waals surface area contributed by atoms with Gasteiger partial charge in [-0.1, -0.05) is 30.3 Å². The first kappa shape index (κ1) is 14.9. The van der Waals surface area contributed by atoms with Gasteiger partial charge in [-0.3, -0.25) is 4.79 Å². The van der Waals surface area contributed by atoms with Gasteiger partial charge in [0.05, 0.1) is 5.60 Å². The van der Waals surface area contributed by atoms with Gasteiger partial charge in [-0.25, -0.2) is 0 Å². The van der Waals surface area contributed by atoms with E-state index in [9.17, 15) is 9.90 Å². The Labute approximate surface area is 144 Å². The van der Waals surface area contributed by atoms with E-state index in [1.54, 1.807) is 0 Å². The standard InChI is InChI=1S/C21H27NO2/c23-20-16(8-14-4-2-1-3-5-14)6-7-22(20)19-17-9-15-10-18(19)13-21(24,11-15)12-17/h1-5,15-19,24H,6-13H2. The van der Waals surface area contributed by atoms with E-state index in [0.29, 0.717) is 29.7 Å². The van der Waals surface area contributed by atoms with Crippen LogP contribution in [-0.4, -0.2) is 34.1 Å². The average Bonchev–Trinajstić information content (AvgIpc) is 2.88. The van der Waals surface area contributed by atoms with Crippen molar-refractivity contribution in [1.29, 1.82) is 0 Å². The number of aliphatic hydroxyl groups is 1. The van der Waals surface area contributed by atoms with Gasteiger partial charge in [-0.05, 0) is 68.3 Å². The molecule has 0 radical (unpaired) electrons. The van der Waals surface area contributed by atoms with Crippen LogP contribution in [0.4, 0.5) is 0 Å². The molecule has 3 nitrogen and oxygen atoms in total. The number of hydrogen-bond acceptors (Lipinski definition) is 2. The van der Waals surface area contributed by atoms with Crippen LogP contribution in [0, 0.1) is 23.7 Å². The predicted molar refractivity (Wildman–Crippen MR) is 92.3 cm³/mol. The Morgan fingerprint density at radius 1 is 1.08 bits per heavy atom. The Morgan fingerprint density at radius 2 is 1.79 bits per heavy atom. The predicted octanol–water partition coefficient (Wildman–Crippen LogP) is 3.02. The molecule has 5 fully saturated rings. The van der Waals surface area contributed by atoms with Crippen molar-refractivity contribution in [3.8, 4) is 0 Å². The summed E-state index contributed by atoms with van der Waals surface area (Å²) in [6.07, 6.45) is 7.21. The molecule has 4 aliphatic carbocycles. The van der Waals surface area contributed by atoms with E-state index in [4.69, 9.17) is 0 Å². The fourth-order valence-corrected chi connectivity index (χ4v) is 6.61. The number of carbonyl (C=O) groups excluding carboxylic acids is 1. The van der Waals surface area contributed by atoms with Crippen LogP contribution in [0.3, 0.4) is 0 Å². The highest BCUT2D eigenvalue weighted by Gasteiger charge is 2.57. The van der Waals surface area contributed by atoms with Crippen LogP contribution in [0.25, 0.3) is 0 Å². The van der Waals surface area contributed by atoms with Crippen LogP contribution in [0.5, 0.6) is 0 Å². The number of hydrogen-bond donors (Lipinski definition) is 1. The maximum atomic E-state index is 13.1. The third-order valence-electron chi connectivity index (χ3n) is 7.23. The lowest BCUT2D eigenvalue weighted by molar-refractivity contribution is -0.168. The number of nitrogens with zero attached hydrogens (tertiary/aromatic N) is 1. The lowest BCUT2D eigenvalue weighted by Crippen LogP contribution is -2.62. The van der Waals surface area contributed by atoms with E-state index >= 15 is 0 Å². The zero-order valence-electron chi connectivity index (χ0n) is 14.2. The second-order valence-electron chi connectivity index (χ2n) is 8.89. The van der Waals surface area contributed by atoms with Crippen LogP contribution in [0.2, 0.25) is 0 Å². The largest absolute Gasteiger partial charge is 0.390 e. The zero-order valence-corrected chi connectivity index (χ0v) is 14.2. The number of likely N-dealkylation sites (tertiary alicyclic amines) is 1. The van der Waals surface area contributed by atoms with Crippen LogP contribution < -0.4 is 0 Å². The van der Waals surface area contributed by atoms with Crippen molar-refractivity contribution in [2.75, 3.05) is 6.54 Å². The molecule has 128 valence electrons. The maximum absolute atomic E-state index is 13.1. The Hall–Kier alpha value is -1.35. The number of rotatable bonds is 3.